The molecule has 0 spiro atoms. The summed E-state index contributed by atoms with van der Waals surface area (Å²) in [6.45, 7) is 6.43. The third-order valence-electron chi connectivity index (χ3n) is 4.29. The molecule has 0 aliphatic heterocycles. The average molecular weight is 293 g/mol. The summed E-state index contributed by atoms with van der Waals surface area (Å²) >= 11 is 0. The molecule has 21 heavy (non-hydrogen) atoms. The maximum Gasteiger partial charge on any atom is 0.249 e. The molecular weight excluding hydrogens is 266 g/mol. The number of amides is 1. The van der Waals surface area contributed by atoms with Crippen LogP contribution in [0.1, 0.15) is 62.4 Å². The van der Waals surface area contributed by atoms with Crippen LogP contribution < -0.4 is 5.32 Å². The van der Waals surface area contributed by atoms with E-state index in [-0.39, 0.29) is 18.1 Å². The molecule has 1 atom stereocenters. The number of nitrogens with zero attached hydrogens (tertiary/aromatic N) is 1. The van der Waals surface area contributed by atoms with Crippen LogP contribution >= 0.6 is 0 Å². The Kier molecular flexibility index (Phi) is 5.79. The highest BCUT2D eigenvalue weighted by molar-refractivity contribution is 5.80. The number of nitrogens with one attached hydrogen (secondary N) is 2. The van der Waals surface area contributed by atoms with Crippen LogP contribution in [0.5, 0.6) is 0 Å². The van der Waals surface area contributed by atoms with E-state index in [1.54, 1.807) is 0 Å². The van der Waals surface area contributed by atoms with Crippen molar-refractivity contribution in [2.75, 3.05) is 0 Å². The zero-order valence-electron chi connectivity index (χ0n) is 13.4. The second-order valence-corrected chi connectivity index (χ2v) is 5.92. The minimum Gasteiger partial charge on any atom is -0.365 e. The zero-order valence-corrected chi connectivity index (χ0v) is 13.4. The van der Waals surface area contributed by atoms with Crippen LogP contribution in [0.2, 0.25) is 0 Å². The van der Waals surface area contributed by atoms with Crippen LogP contribution in [0, 0.1) is 13.8 Å². The van der Waals surface area contributed by atoms with E-state index in [2.05, 4.69) is 15.5 Å². The van der Waals surface area contributed by atoms with Gasteiger partial charge in [0.1, 0.15) is 6.10 Å². The fraction of sp³-hybridized carbons (Fsp3) is 0.750. The lowest BCUT2D eigenvalue weighted by atomic mass is 9.97. The molecule has 0 bridgehead atoms. The lowest BCUT2D eigenvalue weighted by Crippen LogP contribution is -2.38. The predicted molar refractivity (Wildman–Crippen MR) is 81.9 cm³/mol. The van der Waals surface area contributed by atoms with Gasteiger partial charge in [-0.15, -0.1) is 0 Å². The Hall–Kier alpha value is -1.36. The highest BCUT2D eigenvalue weighted by Gasteiger charge is 2.23. The van der Waals surface area contributed by atoms with E-state index in [1.807, 2.05) is 20.8 Å². The van der Waals surface area contributed by atoms with Gasteiger partial charge in [0.2, 0.25) is 5.91 Å². The molecule has 1 fully saturated rings. The van der Waals surface area contributed by atoms with E-state index in [4.69, 9.17) is 4.74 Å². The van der Waals surface area contributed by atoms with Crippen molar-refractivity contribution in [2.24, 2.45) is 0 Å². The molecule has 2 rings (SSSR count). The van der Waals surface area contributed by atoms with Crippen LogP contribution in [0.25, 0.3) is 0 Å². The Balaban J connectivity index is 1.85. The van der Waals surface area contributed by atoms with Gasteiger partial charge in [-0.05, 0) is 33.1 Å². The van der Waals surface area contributed by atoms with Gasteiger partial charge in [-0.1, -0.05) is 26.2 Å². The Bertz CT molecular complexity index is 445. The summed E-state index contributed by atoms with van der Waals surface area (Å²) in [4.78, 5) is 12.3. The van der Waals surface area contributed by atoms with Crippen molar-refractivity contribution >= 4 is 5.91 Å². The van der Waals surface area contributed by atoms with Gasteiger partial charge in [-0.25, -0.2) is 0 Å². The molecule has 1 saturated carbocycles. The first-order valence-corrected chi connectivity index (χ1v) is 8.05. The third-order valence-corrected chi connectivity index (χ3v) is 4.29. The standard InChI is InChI=1S/C16H27N3O2/c1-4-15(21-13-8-6-5-7-9-13)16(20)17-10-14-11(2)18-19-12(14)3/h13,15H,4-10H2,1-3H3,(H,17,20)(H,18,19)/t15-/m0/s1. The summed E-state index contributed by atoms with van der Waals surface area (Å²) in [6.07, 6.45) is 6.54. The van der Waals surface area contributed by atoms with E-state index >= 15 is 0 Å². The van der Waals surface area contributed by atoms with Gasteiger partial charge >= 0.3 is 0 Å². The SMILES string of the molecule is CC[C@H](OC1CCCCC1)C(=O)NCc1c(C)n[nH]c1C. The topological polar surface area (TPSA) is 67.0 Å². The maximum absolute atomic E-state index is 12.3. The summed E-state index contributed by atoms with van der Waals surface area (Å²) in [6, 6.07) is 0. The predicted octanol–water partition coefficient (Wildman–Crippen LogP) is 2.77. The van der Waals surface area contributed by atoms with Gasteiger partial charge in [-0.3, -0.25) is 9.89 Å². The Morgan fingerprint density at radius 1 is 1.38 bits per heavy atom. The number of rotatable bonds is 6. The maximum atomic E-state index is 12.3. The summed E-state index contributed by atoms with van der Waals surface area (Å²) < 4.78 is 6.00. The van der Waals surface area contributed by atoms with Crippen molar-refractivity contribution in [3.8, 4) is 0 Å². The summed E-state index contributed by atoms with van der Waals surface area (Å²) in [5, 5.41) is 10.1. The van der Waals surface area contributed by atoms with Gasteiger partial charge in [0.05, 0.1) is 11.8 Å². The van der Waals surface area contributed by atoms with Crippen LogP contribution in [-0.2, 0) is 16.1 Å². The molecule has 1 aliphatic carbocycles. The number of hydrogen-bond acceptors (Lipinski definition) is 3. The number of hydrogen-bond donors (Lipinski definition) is 2. The van der Waals surface area contributed by atoms with Gasteiger partial charge in [-0.2, -0.15) is 5.10 Å². The highest BCUT2D eigenvalue weighted by Crippen LogP contribution is 2.22. The molecule has 118 valence electrons. The van der Waals surface area contributed by atoms with Crippen molar-refractivity contribution in [1.29, 1.82) is 0 Å². The number of carbonyl (C=O) groups is 1. The van der Waals surface area contributed by atoms with Crippen molar-refractivity contribution in [1.82, 2.24) is 15.5 Å². The first-order chi connectivity index (χ1) is 10.1. The molecule has 0 saturated heterocycles. The Morgan fingerprint density at radius 3 is 2.67 bits per heavy atom. The first-order valence-electron chi connectivity index (χ1n) is 8.05. The van der Waals surface area contributed by atoms with Crippen LogP contribution in [-0.4, -0.2) is 28.3 Å². The number of aromatic amines is 1. The normalized spacial score (nSPS) is 17.7. The number of aryl methyl sites for hydroxylation is 2. The molecule has 1 heterocycles. The molecular formula is C16H27N3O2. The lowest BCUT2D eigenvalue weighted by Gasteiger charge is -2.26. The van der Waals surface area contributed by atoms with Crippen LogP contribution in [0.4, 0.5) is 0 Å². The van der Waals surface area contributed by atoms with Crippen LogP contribution in [0.3, 0.4) is 0 Å². The third kappa shape index (κ3) is 4.30. The smallest absolute Gasteiger partial charge is 0.249 e. The van der Waals surface area contributed by atoms with Gasteiger partial charge < -0.3 is 10.1 Å². The average Bonchev–Trinajstić information content (AvgIpc) is 2.82. The molecule has 0 radical (unpaired) electrons. The zero-order chi connectivity index (χ0) is 15.2. The fourth-order valence-electron chi connectivity index (χ4n) is 2.90. The van der Waals surface area contributed by atoms with Gasteiger partial charge in [0.25, 0.3) is 0 Å². The number of aromatic nitrogens is 2. The molecule has 0 unspecified atom stereocenters. The molecule has 2 N–H and O–H groups in total. The number of carbonyl (C=O) groups excluding carboxylic acids is 1. The molecule has 0 aromatic carbocycles. The quantitative estimate of drug-likeness (QED) is 0.847. The van der Waals surface area contributed by atoms with Gasteiger partial charge in [0, 0.05) is 17.8 Å². The summed E-state index contributed by atoms with van der Waals surface area (Å²) in [7, 11) is 0. The minimum atomic E-state index is -0.333. The largest absolute Gasteiger partial charge is 0.365 e. The van der Waals surface area contributed by atoms with E-state index in [1.165, 1.54) is 19.3 Å². The van der Waals surface area contributed by atoms with Gasteiger partial charge in [0.15, 0.2) is 0 Å². The molecule has 5 heteroatoms. The second kappa shape index (κ2) is 7.59. The molecule has 1 aromatic rings. The van der Waals surface area contributed by atoms with E-state index in [0.29, 0.717) is 13.0 Å². The number of ether oxygens (including phenoxy) is 1. The van der Waals surface area contributed by atoms with Crippen molar-refractivity contribution in [3.05, 3.63) is 17.0 Å². The minimum absolute atomic E-state index is 0.0110. The molecule has 5 nitrogen and oxygen atoms in total. The molecule has 1 aliphatic rings. The first kappa shape index (κ1) is 16.0. The van der Waals surface area contributed by atoms with Crippen molar-refractivity contribution in [2.45, 2.75) is 78.0 Å². The fourth-order valence-corrected chi connectivity index (χ4v) is 2.90. The van der Waals surface area contributed by atoms with E-state index in [0.717, 1.165) is 29.8 Å². The summed E-state index contributed by atoms with van der Waals surface area (Å²) in [5.41, 5.74) is 3.01. The monoisotopic (exact) mass is 293 g/mol. The highest BCUT2D eigenvalue weighted by atomic mass is 16.5. The Labute approximate surface area is 126 Å². The second-order valence-electron chi connectivity index (χ2n) is 5.92. The van der Waals surface area contributed by atoms with E-state index < -0.39 is 0 Å². The molecule has 1 aromatic heterocycles. The summed E-state index contributed by atoms with van der Waals surface area (Å²) in [5.74, 6) is -0.0110. The van der Waals surface area contributed by atoms with Crippen LogP contribution in [0.15, 0.2) is 0 Å². The lowest BCUT2D eigenvalue weighted by molar-refractivity contribution is -0.138. The van der Waals surface area contributed by atoms with Crippen molar-refractivity contribution < 1.29 is 9.53 Å². The van der Waals surface area contributed by atoms with E-state index in [9.17, 15) is 4.79 Å². The Morgan fingerprint density at radius 2 is 2.10 bits per heavy atom. The number of H-pyrrole nitrogens is 1. The molecule has 1 amide bonds. The van der Waals surface area contributed by atoms with Crippen molar-refractivity contribution in [3.63, 3.8) is 0 Å².